The summed E-state index contributed by atoms with van der Waals surface area (Å²) in [5.74, 6) is -0.374. The van der Waals surface area contributed by atoms with Crippen molar-refractivity contribution < 1.29 is 8.78 Å². The molecule has 122 valence electrons. The first kappa shape index (κ1) is 23.3. The average Bonchev–Trinajstić information content (AvgIpc) is 2.40. The van der Waals surface area contributed by atoms with Crippen LogP contribution in [0.1, 0.15) is 32.9 Å². The Morgan fingerprint density at radius 3 is 1.86 bits per heavy atom. The standard InChI is InChI=1S/C8H8BrF.C8H6BrF.2CH4/c2*1-2-6-3-4-7(9)5-8(6)10;;/h3-5H,2H2,1H3;2-5H,1H2;2*1H4. The lowest BCUT2D eigenvalue weighted by Crippen LogP contribution is -1.85. The van der Waals surface area contributed by atoms with Gasteiger partial charge in [-0.05, 0) is 36.2 Å². The highest BCUT2D eigenvalue weighted by Gasteiger charge is 1.98. The predicted octanol–water partition coefficient (Wildman–Crippen LogP) is 7.65. The molecule has 0 nitrogen and oxygen atoms in total. The largest absolute Gasteiger partial charge is 0.207 e. The Kier molecular flexibility index (Phi) is 12.2. The molecule has 0 aliphatic rings. The molecule has 0 N–H and O–H groups in total. The van der Waals surface area contributed by atoms with Gasteiger partial charge in [-0.15, -0.1) is 0 Å². The van der Waals surface area contributed by atoms with E-state index >= 15 is 0 Å². The van der Waals surface area contributed by atoms with E-state index in [2.05, 4.69) is 38.4 Å². The molecule has 0 spiro atoms. The molecule has 2 rings (SSSR count). The first-order valence-electron chi connectivity index (χ1n) is 5.99. The van der Waals surface area contributed by atoms with Crippen LogP contribution in [0.2, 0.25) is 0 Å². The predicted molar refractivity (Wildman–Crippen MR) is 101 cm³/mol. The van der Waals surface area contributed by atoms with Crippen molar-refractivity contribution >= 4 is 37.9 Å². The van der Waals surface area contributed by atoms with E-state index in [0.717, 1.165) is 20.9 Å². The molecule has 2 aromatic carbocycles. The van der Waals surface area contributed by atoms with Crippen molar-refractivity contribution in [2.75, 3.05) is 0 Å². The molecular weight excluding hydrogens is 414 g/mol. The summed E-state index contributed by atoms with van der Waals surface area (Å²) in [4.78, 5) is 0. The smallest absolute Gasteiger partial charge is 0.131 e. The molecule has 0 radical (unpaired) electrons. The van der Waals surface area contributed by atoms with Gasteiger partial charge < -0.3 is 0 Å². The third-order valence-electron chi connectivity index (χ3n) is 2.58. The van der Waals surface area contributed by atoms with Gasteiger partial charge in [-0.1, -0.05) is 78.4 Å². The third kappa shape index (κ3) is 7.32. The zero-order valence-electron chi connectivity index (χ0n) is 11.0. The summed E-state index contributed by atoms with van der Waals surface area (Å²) in [7, 11) is 0. The SMILES string of the molecule is C.C.C=Cc1ccc(Br)cc1F.CCc1ccc(Br)cc1F. The zero-order valence-corrected chi connectivity index (χ0v) is 14.1. The second kappa shape index (κ2) is 11.6. The van der Waals surface area contributed by atoms with E-state index in [1.54, 1.807) is 18.2 Å². The fraction of sp³-hybridized carbons (Fsp3) is 0.222. The van der Waals surface area contributed by atoms with E-state index in [1.807, 2.05) is 13.0 Å². The van der Waals surface area contributed by atoms with Crippen LogP contribution in [0.5, 0.6) is 0 Å². The molecule has 2 aromatic rings. The van der Waals surface area contributed by atoms with Crippen molar-refractivity contribution in [1.29, 1.82) is 0 Å². The number of hydrogen-bond donors (Lipinski definition) is 0. The van der Waals surface area contributed by atoms with Crippen LogP contribution in [0, 0.1) is 11.6 Å². The molecule has 0 atom stereocenters. The first-order valence-corrected chi connectivity index (χ1v) is 7.58. The van der Waals surface area contributed by atoms with Crippen molar-refractivity contribution in [3.8, 4) is 0 Å². The van der Waals surface area contributed by atoms with Gasteiger partial charge in [0.1, 0.15) is 11.6 Å². The van der Waals surface area contributed by atoms with Crippen molar-refractivity contribution in [3.63, 3.8) is 0 Å². The Balaban J connectivity index is 0. The second-order valence-corrected chi connectivity index (χ2v) is 5.79. The minimum Gasteiger partial charge on any atom is -0.207 e. The van der Waals surface area contributed by atoms with Crippen LogP contribution in [0.4, 0.5) is 8.78 Å². The van der Waals surface area contributed by atoms with Gasteiger partial charge in [0.15, 0.2) is 0 Å². The maximum atomic E-state index is 12.8. The summed E-state index contributed by atoms with van der Waals surface area (Å²) in [5, 5.41) is 0. The Morgan fingerprint density at radius 1 is 0.955 bits per heavy atom. The molecule has 0 saturated heterocycles. The summed E-state index contributed by atoms with van der Waals surface area (Å²) >= 11 is 6.34. The summed E-state index contributed by atoms with van der Waals surface area (Å²) in [6, 6.07) is 9.99. The van der Waals surface area contributed by atoms with Crippen molar-refractivity contribution in [2.45, 2.75) is 28.2 Å². The highest BCUT2D eigenvalue weighted by molar-refractivity contribution is 9.10. The minimum atomic E-state index is -0.246. The Bertz CT molecular complexity index is 596. The van der Waals surface area contributed by atoms with Crippen molar-refractivity contribution in [1.82, 2.24) is 0 Å². The molecule has 4 heteroatoms. The van der Waals surface area contributed by atoms with E-state index in [-0.39, 0.29) is 26.5 Å². The molecule has 0 amide bonds. The monoisotopic (exact) mass is 434 g/mol. The highest BCUT2D eigenvalue weighted by atomic mass is 79.9. The molecule has 0 heterocycles. The molecule has 0 fully saturated rings. The van der Waals surface area contributed by atoms with Gasteiger partial charge in [0.2, 0.25) is 0 Å². The number of aryl methyl sites for hydroxylation is 1. The van der Waals surface area contributed by atoms with Crippen molar-refractivity contribution in [3.05, 3.63) is 74.7 Å². The lowest BCUT2D eigenvalue weighted by Gasteiger charge is -1.97. The molecule has 22 heavy (non-hydrogen) atoms. The van der Waals surface area contributed by atoms with Crippen LogP contribution in [0.25, 0.3) is 6.08 Å². The molecule has 0 aliphatic carbocycles. The Labute approximate surface area is 149 Å². The van der Waals surface area contributed by atoms with Gasteiger partial charge >= 0.3 is 0 Å². The van der Waals surface area contributed by atoms with Crippen LogP contribution in [0.3, 0.4) is 0 Å². The quantitative estimate of drug-likeness (QED) is 0.454. The first-order chi connectivity index (χ1) is 9.47. The fourth-order valence-electron chi connectivity index (χ4n) is 1.48. The number of halogens is 4. The molecule has 0 aliphatic heterocycles. The summed E-state index contributed by atoms with van der Waals surface area (Å²) < 4.78 is 27.1. The lowest BCUT2D eigenvalue weighted by atomic mass is 10.2. The summed E-state index contributed by atoms with van der Waals surface area (Å²) in [6.07, 6.45) is 2.24. The fourth-order valence-corrected chi connectivity index (χ4v) is 2.14. The second-order valence-electron chi connectivity index (χ2n) is 3.96. The van der Waals surface area contributed by atoms with E-state index < -0.39 is 0 Å². The third-order valence-corrected chi connectivity index (χ3v) is 3.56. The van der Waals surface area contributed by atoms with E-state index in [0.29, 0.717) is 5.56 Å². The van der Waals surface area contributed by atoms with Crippen LogP contribution in [-0.2, 0) is 6.42 Å². The van der Waals surface area contributed by atoms with Gasteiger partial charge in [0.25, 0.3) is 0 Å². The van der Waals surface area contributed by atoms with Gasteiger partial charge in [-0.25, -0.2) is 8.78 Å². The topological polar surface area (TPSA) is 0 Å². The number of rotatable bonds is 2. The molecule has 0 bridgehead atoms. The van der Waals surface area contributed by atoms with Gasteiger partial charge in [0, 0.05) is 14.5 Å². The van der Waals surface area contributed by atoms with Crippen LogP contribution in [-0.4, -0.2) is 0 Å². The molecular formula is C18H22Br2F2. The number of hydrogen-bond acceptors (Lipinski definition) is 0. The van der Waals surface area contributed by atoms with Crippen LogP contribution < -0.4 is 0 Å². The Morgan fingerprint density at radius 2 is 1.45 bits per heavy atom. The lowest BCUT2D eigenvalue weighted by molar-refractivity contribution is 0.611. The zero-order chi connectivity index (χ0) is 15.1. The minimum absolute atomic E-state index is 0. The molecule has 0 unspecified atom stereocenters. The van der Waals surface area contributed by atoms with E-state index in [1.165, 1.54) is 18.2 Å². The van der Waals surface area contributed by atoms with E-state index in [9.17, 15) is 8.78 Å². The maximum Gasteiger partial charge on any atom is 0.131 e. The maximum absolute atomic E-state index is 12.8. The van der Waals surface area contributed by atoms with Gasteiger partial charge in [-0.3, -0.25) is 0 Å². The highest BCUT2D eigenvalue weighted by Crippen LogP contribution is 2.16. The number of benzene rings is 2. The summed E-state index contributed by atoms with van der Waals surface area (Å²) in [6.45, 7) is 5.40. The molecule has 0 aromatic heterocycles. The normalized spacial score (nSPS) is 8.77. The Hall–Kier alpha value is -1.00. The van der Waals surface area contributed by atoms with Crippen LogP contribution >= 0.6 is 31.9 Å². The average molecular weight is 436 g/mol. The van der Waals surface area contributed by atoms with Crippen molar-refractivity contribution in [2.24, 2.45) is 0 Å². The van der Waals surface area contributed by atoms with E-state index in [4.69, 9.17) is 0 Å². The summed E-state index contributed by atoms with van der Waals surface area (Å²) in [5.41, 5.74) is 1.30. The molecule has 0 saturated carbocycles. The van der Waals surface area contributed by atoms with Gasteiger partial charge in [-0.2, -0.15) is 0 Å². The van der Waals surface area contributed by atoms with Crippen LogP contribution in [0.15, 0.2) is 51.9 Å². The van der Waals surface area contributed by atoms with Gasteiger partial charge in [0.05, 0.1) is 0 Å².